The van der Waals surface area contributed by atoms with Gasteiger partial charge in [-0.3, -0.25) is 4.79 Å². The van der Waals surface area contributed by atoms with Gasteiger partial charge in [0.2, 0.25) is 0 Å². The van der Waals surface area contributed by atoms with Gasteiger partial charge in [-0.1, -0.05) is 195 Å². The van der Waals surface area contributed by atoms with Crippen LogP contribution in [0.25, 0.3) is 0 Å². The van der Waals surface area contributed by atoms with Crippen molar-refractivity contribution in [2.75, 3.05) is 18.1 Å². The molecule has 0 radical (unpaired) electrons. The minimum Gasteiger partial charge on any atom is -0.463 e. The van der Waals surface area contributed by atoms with E-state index in [0.29, 0.717) is 13.0 Å². The number of carbonyl (C=O) groups is 3. The van der Waals surface area contributed by atoms with Gasteiger partial charge in [0.05, 0.1) is 16.1 Å². The first-order valence-corrected chi connectivity index (χ1v) is 21.4. The normalized spacial score (nSPS) is 10.9. The molecule has 0 N–H and O–H groups in total. The van der Waals surface area contributed by atoms with Crippen molar-refractivity contribution in [3.05, 3.63) is 240 Å². The van der Waals surface area contributed by atoms with E-state index >= 15 is 0 Å². The maximum atomic E-state index is 11.2. The zero-order valence-electron chi connectivity index (χ0n) is 33.3. The summed E-state index contributed by atoms with van der Waals surface area (Å²) in [7, 11) is 0. The molecule has 0 aliphatic heterocycles. The highest BCUT2D eigenvalue weighted by Gasteiger charge is 2.37. The maximum absolute atomic E-state index is 11.2. The molecule has 0 spiro atoms. The Morgan fingerprint density at radius 2 is 0.828 bits per heavy atom. The molecule has 0 fully saturated rings. The third kappa shape index (κ3) is 12.7. The Bertz CT molecular complexity index is 1910. The molecule has 0 bridgehead atoms. The second kappa shape index (κ2) is 24.8. The van der Waals surface area contributed by atoms with Crippen LogP contribution in [0.15, 0.2) is 207 Å². The molecule has 58 heavy (non-hydrogen) atoms. The highest BCUT2D eigenvalue weighted by Crippen LogP contribution is 2.49. The summed E-state index contributed by atoms with van der Waals surface area (Å²) in [5, 5.41) is 0. The Kier molecular flexibility index (Phi) is 19.3. The Hall–Kier alpha value is -5.69. The van der Waals surface area contributed by atoms with Gasteiger partial charge >= 0.3 is 5.97 Å². The van der Waals surface area contributed by atoms with Crippen LogP contribution in [0.5, 0.6) is 0 Å². The van der Waals surface area contributed by atoms with E-state index in [-0.39, 0.29) is 21.2 Å². The van der Waals surface area contributed by atoms with Crippen molar-refractivity contribution < 1.29 is 19.1 Å². The molecular weight excluding hydrogens is 753 g/mol. The van der Waals surface area contributed by atoms with Gasteiger partial charge in [-0.15, -0.1) is 23.5 Å². The van der Waals surface area contributed by atoms with Gasteiger partial charge in [-0.2, -0.15) is 0 Å². The predicted octanol–water partition coefficient (Wildman–Crippen LogP) is 12.3. The molecule has 6 heteroatoms. The molecule has 6 aromatic rings. The van der Waals surface area contributed by atoms with E-state index in [1.54, 1.807) is 19.9 Å². The Labute approximate surface area is 353 Å². The number of thioether (sulfide) groups is 2. The SMILES string of the molecule is C=CC(=O)OCC.CC(=O)/C=C/CCSC(c1ccccc1)(c1ccccc1)c1ccccc1.O=CCCSC(c1ccccc1)(c1ccccc1)c1ccccc1. The number of hydrogen-bond donors (Lipinski definition) is 0. The van der Waals surface area contributed by atoms with Gasteiger partial charge in [0, 0.05) is 18.2 Å². The van der Waals surface area contributed by atoms with Crippen molar-refractivity contribution in [3.8, 4) is 0 Å². The first-order valence-electron chi connectivity index (χ1n) is 19.4. The van der Waals surface area contributed by atoms with Crippen molar-refractivity contribution in [2.45, 2.75) is 36.2 Å². The first kappa shape index (κ1) is 45.0. The van der Waals surface area contributed by atoms with Crippen molar-refractivity contribution in [1.29, 1.82) is 0 Å². The minimum absolute atomic E-state index is 0.0976. The van der Waals surface area contributed by atoms with Crippen LogP contribution in [0, 0.1) is 0 Å². The third-order valence-electron chi connectivity index (χ3n) is 9.05. The minimum atomic E-state index is -0.359. The lowest BCUT2D eigenvalue weighted by Crippen LogP contribution is -2.26. The summed E-state index contributed by atoms with van der Waals surface area (Å²) < 4.78 is 3.84. The van der Waals surface area contributed by atoms with E-state index in [0.717, 1.165) is 30.3 Å². The second-order valence-corrected chi connectivity index (χ2v) is 15.6. The monoisotopic (exact) mass is 804 g/mol. The Balaban J connectivity index is 0.000000222. The van der Waals surface area contributed by atoms with Crippen molar-refractivity contribution >= 4 is 41.6 Å². The summed E-state index contributed by atoms with van der Waals surface area (Å²) in [5.74, 6) is 1.44. The lowest BCUT2D eigenvalue weighted by atomic mass is 9.84. The topological polar surface area (TPSA) is 60.4 Å². The Morgan fingerprint density at radius 1 is 0.534 bits per heavy atom. The van der Waals surface area contributed by atoms with Gasteiger partial charge in [-0.05, 0) is 65.5 Å². The number of hydrogen-bond acceptors (Lipinski definition) is 6. The molecule has 6 aromatic carbocycles. The van der Waals surface area contributed by atoms with Crippen LogP contribution in [0.4, 0.5) is 0 Å². The molecule has 0 unspecified atom stereocenters. The fourth-order valence-corrected chi connectivity index (χ4v) is 9.42. The summed E-state index contributed by atoms with van der Waals surface area (Å²) in [6.07, 6.45) is 7.19. The lowest BCUT2D eigenvalue weighted by Gasteiger charge is -2.35. The van der Waals surface area contributed by atoms with E-state index in [2.05, 4.69) is 175 Å². The molecular formula is C52H52O4S2. The number of esters is 1. The van der Waals surface area contributed by atoms with Crippen LogP contribution in [0.1, 0.15) is 60.1 Å². The van der Waals surface area contributed by atoms with Crippen molar-refractivity contribution in [1.82, 2.24) is 0 Å². The number of carbonyl (C=O) groups excluding carboxylic acids is 3. The molecule has 0 saturated heterocycles. The summed E-state index contributed by atoms with van der Waals surface area (Å²) >= 11 is 3.74. The van der Waals surface area contributed by atoms with Gasteiger partial charge in [0.25, 0.3) is 0 Å². The molecule has 0 atom stereocenters. The molecule has 0 amide bonds. The summed E-state index contributed by atoms with van der Waals surface area (Å²) in [4.78, 5) is 32.1. The number of benzene rings is 6. The molecule has 0 saturated carbocycles. The fraction of sp³-hybridized carbons (Fsp3) is 0.173. The quantitative estimate of drug-likeness (QED) is 0.0301. The second-order valence-electron chi connectivity index (χ2n) is 13.0. The molecule has 4 nitrogen and oxygen atoms in total. The third-order valence-corrected chi connectivity index (χ3v) is 12.2. The molecule has 0 heterocycles. The van der Waals surface area contributed by atoms with Gasteiger partial charge < -0.3 is 9.53 Å². The number of ether oxygens (including phenoxy) is 1. The van der Waals surface area contributed by atoms with E-state index in [1.165, 1.54) is 33.4 Å². The largest absolute Gasteiger partial charge is 0.463 e. The van der Waals surface area contributed by atoms with Crippen LogP contribution in [-0.4, -0.2) is 36.2 Å². The highest BCUT2D eigenvalue weighted by atomic mass is 32.2. The van der Waals surface area contributed by atoms with Crippen LogP contribution in [0.3, 0.4) is 0 Å². The van der Waals surface area contributed by atoms with Crippen LogP contribution in [0.2, 0.25) is 0 Å². The standard InChI is InChI=1S/C25H24OS.C22H20OS.C5H8O2/c1-21(26)13-11-12-20-27-25(22-14-5-2-6-15-22,23-16-7-3-8-17-23)24-18-9-4-10-19-24;23-17-10-18-24-22(19-11-4-1-5-12-19,20-13-6-2-7-14-20)21-15-8-3-9-16-21;1-3-5(6)7-4-2/h2-11,13-19H,12,20H2,1H3;1-9,11-17H,10,18H2;3H,1,4H2,2H3/b13-11+;;. The molecule has 0 aliphatic carbocycles. The first-order chi connectivity index (χ1) is 28.4. The van der Waals surface area contributed by atoms with E-state index in [4.69, 9.17) is 0 Å². The smallest absolute Gasteiger partial charge is 0.330 e. The lowest BCUT2D eigenvalue weighted by molar-refractivity contribution is -0.137. The molecule has 0 aromatic heterocycles. The van der Waals surface area contributed by atoms with Crippen LogP contribution < -0.4 is 0 Å². The van der Waals surface area contributed by atoms with Crippen molar-refractivity contribution in [2.24, 2.45) is 0 Å². The number of allylic oxidation sites excluding steroid dienone is 2. The average molecular weight is 805 g/mol. The van der Waals surface area contributed by atoms with Crippen molar-refractivity contribution in [3.63, 3.8) is 0 Å². The average Bonchev–Trinajstić information content (AvgIpc) is 3.29. The van der Waals surface area contributed by atoms with E-state index in [9.17, 15) is 14.4 Å². The van der Waals surface area contributed by atoms with Gasteiger partial charge in [-0.25, -0.2) is 4.79 Å². The molecule has 0 aliphatic rings. The summed E-state index contributed by atoms with van der Waals surface area (Å²) in [6, 6.07) is 63.7. The maximum Gasteiger partial charge on any atom is 0.330 e. The van der Waals surface area contributed by atoms with E-state index in [1.807, 2.05) is 47.8 Å². The highest BCUT2D eigenvalue weighted by molar-refractivity contribution is 8.00. The van der Waals surface area contributed by atoms with Crippen LogP contribution >= 0.6 is 23.5 Å². The molecule has 296 valence electrons. The van der Waals surface area contributed by atoms with Gasteiger partial charge in [0.15, 0.2) is 5.78 Å². The molecule has 6 rings (SSSR count). The number of ketones is 1. The predicted molar refractivity (Wildman–Crippen MR) is 245 cm³/mol. The van der Waals surface area contributed by atoms with E-state index < -0.39 is 0 Å². The zero-order valence-corrected chi connectivity index (χ0v) is 35.0. The number of aldehydes is 1. The zero-order chi connectivity index (χ0) is 41.3. The fourth-order valence-electron chi connectivity index (χ4n) is 6.53. The number of rotatable bonds is 17. The van der Waals surface area contributed by atoms with Gasteiger partial charge in [0.1, 0.15) is 6.29 Å². The van der Waals surface area contributed by atoms with Crippen LogP contribution in [-0.2, 0) is 28.6 Å². The summed E-state index contributed by atoms with van der Waals surface area (Å²) in [5.41, 5.74) is 7.50. The summed E-state index contributed by atoms with van der Waals surface area (Å²) in [6.45, 7) is 6.97. The Morgan fingerprint density at radius 3 is 1.05 bits per heavy atom.